The van der Waals surface area contributed by atoms with Gasteiger partial charge in [-0.05, 0) is 49.1 Å². The minimum absolute atomic E-state index is 0.900. The molecule has 0 atom stereocenters. The molecule has 0 radical (unpaired) electrons. The third-order valence-electron chi connectivity index (χ3n) is 2.98. The third-order valence-corrected chi connectivity index (χ3v) is 4.06. The Morgan fingerprint density at radius 2 is 2.00 bits per heavy atom. The van der Waals surface area contributed by atoms with Crippen LogP contribution in [0.1, 0.15) is 44.6 Å². The average molecular weight is 266 g/mol. The quantitative estimate of drug-likeness (QED) is 0.438. The first-order valence-electron chi connectivity index (χ1n) is 7.07. The van der Waals surface area contributed by atoms with Crippen molar-refractivity contribution in [2.24, 2.45) is 0 Å². The number of aryl methyl sites for hydroxylation is 1. The molecule has 0 saturated carbocycles. The van der Waals surface area contributed by atoms with Gasteiger partial charge in [-0.15, -0.1) is 11.8 Å². The first-order chi connectivity index (χ1) is 8.86. The van der Waals surface area contributed by atoms with Crippen LogP contribution in [0.15, 0.2) is 29.2 Å². The van der Waals surface area contributed by atoms with Crippen LogP contribution in [0.2, 0.25) is 0 Å². The van der Waals surface area contributed by atoms with Gasteiger partial charge in [0.25, 0.3) is 0 Å². The molecule has 102 valence electrons. The molecule has 0 heterocycles. The molecule has 0 aromatic heterocycles. The monoisotopic (exact) mass is 266 g/mol. The van der Waals surface area contributed by atoms with E-state index in [0.29, 0.717) is 0 Å². The Balaban J connectivity index is 2.20. The number of hydrogen-bond acceptors (Lipinski definition) is 2. The molecule has 0 N–H and O–H groups in total. The largest absolute Gasteiger partial charge is 0.385 e. The van der Waals surface area contributed by atoms with E-state index >= 15 is 0 Å². The van der Waals surface area contributed by atoms with E-state index in [9.17, 15) is 0 Å². The summed E-state index contributed by atoms with van der Waals surface area (Å²) in [4.78, 5) is 1.43. The topological polar surface area (TPSA) is 9.23 Å². The molecule has 2 heteroatoms. The zero-order chi connectivity index (χ0) is 13.1. The van der Waals surface area contributed by atoms with Crippen LogP contribution in [0.4, 0.5) is 0 Å². The van der Waals surface area contributed by atoms with E-state index in [1.165, 1.54) is 54.7 Å². The highest BCUT2D eigenvalue weighted by Gasteiger charge is 1.97. The maximum atomic E-state index is 5.05. The number of unbranched alkanes of at least 4 members (excludes halogenated alkanes) is 3. The number of thioether (sulfide) groups is 1. The molecule has 0 fully saturated rings. The van der Waals surface area contributed by atoms with E-state index in [-0.39, 0.29) is 0 Å². The molecule has 0 bridgehead atoms. The molecule has 0 aliphatic rings. The van der Waals surface area contributed by atoms with Gasteiger partial charge in [-0.25, -0.2) is 0 Å². The Morgan fingerprint density at radius 3 is 2.78 bits per heavy atom. The summed E-state index contributed by atoms with van der Waals surface area (Å²) in [5, 5.41) is 0. The van der Waals surface area contributed by atoms with Gasteiger partial charge < -0.3 is 4.74 Å². The molecule has 1 rings (SSSR count). The van der Waals surface area contributed by atoms with Crippen molar-refractivity contribution in [3.05, 3.63) is 29.8 Å². The molecule has 0 aliphatic carbocycles. The summed E-state index contributed by atoms with van der Waals surface area (Å²) in [6.07, 6.45) is 7.54. The standard InChI is InChI=1S/C16H26OS/c1-3-4-9-15-10-8-11-16(14-15)18-13-7-5-6-12-17-2/h8,10-11,14H,3-7,9,12-13H2,1-2H3. The van der Waals surface area contributed by atoms with Crippen molar-refractivity contribution in [1.82, 2.24) is 0 Å². The molecule has 0 spiro atoms. The lowest BCUT2D eigenvalue weighted by Gasteiger charge is -2.05. The fourth-order valence-corrected chi connectivity index (χ4v) is 2.88. The average Bonchev–Trinajstić information content (AvgIpc) is 2.41. The summed E-state index contributed by atoms with van der Waals surface area (Å²) < 4.78 is 5.05. The van der Waals surface area contributed by atoms with Gasteiger partial charge in [-0.2, -0.15) is 0 Å². The van der Waals surface area contributed by atoms with Crippen LogP contribution in [0.5, 0.6) is 0 Å². The molecular formula is C16H26OS. The van der Waals surface area contributed by atoms with E-state index in [4.69, 9.17) is 4.74 Å². The molecule has 18 heavy (non-hydrogen) atoms. The van der Waals surface area contributed by atoms with Gasteiger partial charge in [0, 0.05) is 18.6 Å². The van der Waals surface area contributed by atoms with Gasteiger partial charge >= 0.3 is 0 Å². The van der Waals surface area contributed by atoms with Crippen LogP contribution in [-0.4, -0.2) is 19.5 Å². The maximum absolute atomic E-state index is 5.05. The van der Waals surface area contributed by atoms with Gasteiger partial charge in [-0.1, -0.05) is 31.9 Å². The lowest BCUT2D eigenvalue weighted by atomic mass is 10.1. The molecule has 0 aliphatic heterocycles. The molecule has 0 saturated heterocycles. The van der Waals surface area contributed by atoms with Crippen LogP contribution in [0, 0.1) is 0 Å². The fourth-order valence-electron chi connectivity index (χ4n) is 1.89. The smallest absolute Gasteiger partial charge is 0.0462 e. The van der Waals surface area contributed by atoms with Crippen molar-refractivity contribution in [3.63, 3.8) is 0 Å². The number of ether oxygens (including phenoxy) is 1. The Kier molecular flexibility index (Phi) is 9.05. The van der Waals surface area contributed by atoms with Gasteiger partial charge in [0.05, 0.1) is 0 Å². The van der Waals surface area contributed by atoms with Crippen molar-refractivity contribution in [1.29, 1.82) is 0 Å². The summed E-state index contributed by atoms with van der Waals surface area (Å²) >= 11 is 1.99. The first kappa shape index (κ1) is 15.6. The second-order valence-corrected chi connectivity index (χ2v) is 5.82. The predicted molar refractivity (Wildman–Crippen MR) is 81.5 cm³/mol. The third kappa shape index (κ3) is 7.07. The number of benzene rings is 1. The highest BCUT2D eigenvalue weighted by Crippen LogP contribution is 2.21. The summed E-state index contributed by atoms with van der Waals surface area (Å²) in [5.74, 6) is 1.22. The van der Waals surface area contributed by atoms with Crippen LogP contribution >= 0.6 is 11.8 Å². The van der Waals surface area contributed by atoms with Crippen molar-refractivity contribution in [2.75, 3.05) is 19.5 Å². The van der Waals surface area contributed by atoms with E-state index in [1.807, 2.05) is 11.8 Å². The van der Waals surface area contributed by atoms with Crippen LogP contribution in [-0.2, 0) is 11.2 Å². The summed E-state index contributed by atoms with van der Waals surface area (Å²) in [7, 11) is 1.77. The SMILES string of the molecule is CCCCc1cccc(SCCCCCOC)c1. The molecule has 0 unspecified atom stereocenters. The number of hydrogen-bond donors (Lipinski definition) is 0. The predicted octanol–water partition coefficient (Wildman–Crippen LogP) is 4.94. The van der Waals surface area contributed by atoms with Gasteiger partial charge in [0.2, 0.25) is 0 Å². The minimum Gasteiger partial charge on any atom is -0.385 e. The summed E-state index contributed by atoms with van der Waals surface area (Å²) in [5.41, 5.74) is 1.49. The fraction of sp³-hybridized carbons (Fsp3) is 0.625. The zero-order valence-corrected chi connectivity index (χ0v) is 12.6. The number of methoxy groups -OCH3 is 1. The van der Waals surface area contributed by atoms with Crippen molar-refractivity contribution >= 4 is 11.8 Å². The lowest BCUT2D eigenvalue weighted by molar-refractivity contribution is 0.192. The van der Waals surface area contributed by atoms with E-state index in [2.05, 4.69) is 31.2 Å². The van der Waals surface area contributed by atoms with Crippen LogP contribution < -0.4 is 0 Å². The molecular weight excluding hydrogens is 240 g/mol. The molecule has 0 amide bonds. The number of rotatable bonds is 10. The Labute approximate surface area is 116 Å². The minimum atomic E-state index is 0.900. The van der Waals surface area contributed by atoms with Gasteiger partial charge in [0.1, 0.15) is 0 Å². The Morgan fingerprint density at radius 1 is 1.11 bits per heavy atom. The maximum Gasteiger partial charge on any atom is 0.0462 e. The second kappa shape index (κ2) is 10.5. The Bertz CT molecular complexity index is 312. The molecule has 1 aromatic carbocycles. The zero-order valence-electron chi connectivity index (χ0n) is 11.8. The van der Waals surface area contributed by atoms with Crippen molar-refractivity contribution in [2.45, 2.75) is 50.3 Å². The summed E-state index contributed by atoms with van der Waals surface area (Å²) in [6.45, 7) is 3.15. The Hall–Kier alpha value is -0.470. The van der Waals surface area contributed by atoms with Crippen molar-refractivity contribution < 1.29 is 4.74 Å². The van der Waals surface area contributed by atoms with E-state index in [1.54, 1.807) is 7.11 Å². The highest BCUT2D eigenvalue weighted by molar-refractivity contribution is 7.99. The molecule has 1 aromatic rings. The summed E-state index contributed by atoms with van der Waals surface area (Å²) in [6, 6.07) is 9.03. The van der Waals surface area contributed by atoms with Crippen LogP contribution in [0.25, 0.3) is 0 Å². The van der Waals surface area contributed by atoms with Gasteiger partial charge in [0.15, 0.2) is 0 Å². The second-order valence-electron chi connectivity index (χ2n) is 4.65. The highest BCUT2D eigenvalue weighted by atomic mass is 32.2. The van der Waals surface area contributed by atoms with E-state index < -0.39 is 0 Å². The van der Waals surface area contributed by atoms with Crippen molar-refractivity contribution in [3.8, 4) is 0 Å². The normalized spacial score (nSPS) is 10.8. The molecule has 1 nitrogen and oxygen atoms in total. The lowest BCUT2D eigenvalue weighted by Crippen LogP contribution is -1.89. The first-order valence-corrected chi connectivity index (χ1v) is 8.06. The van der Waals surface area contributed by atoms with E-state index in [0.717, 1.165) is 6.61 Å². The van der Waals surface area contributed by atoms with Gasteiger partial charge in [-0.3, -0.25) is 0 Å². The van der Waals surface area contributed by atoms with Crippen LogP contribution in [0.3, 0.4) is 0 Å².